The van der Waals surface area contributed by atoms with Gasteiger partial charge in [0.2, 0.25) is 0 Å². The van der Waals surface area contributed by atoms with Crippen LogP contribution in [0.5, 0.6) is 0 Å². The van der Waals surface area contributed by atoms with Crippen LogP contribution in [0.15, 0.2) is 18.2 Å². The van der Waals surface area contributed by atoms with E-state index in [2.05, 4.69) is 0 Å². The van der Waals surface area contributed by atoms with Crippen LogP contribution in [-0.4, -0.2) is 11.8 Å². The maximum Gasteiger partial charge on any atom is 0.153 e. The van der Waals surface area contributed by atoms with Gasteiger partial charge in [-0.15, -0.1) is 0 Å². The monoisotopic (exact) mass is 245 g/mol. The third-order valence-electron chi connectivity index (χ3n) is 2.23. The Hall–Kier alpha value is -0.570. The molecule has 2 nitrogen and oxygen atoms in total. The number of hydrogen-bond donors (Lipinski definition) is 1. The summed E-state index contributed by atoms with van der Waals surface area (Å²) >= 11 is 11.7. The van der Waals surface area contributed by atoms with Crippen molar-refractivity contribution < 1.29 is 4.79 Å². The summed E-state index contributed by atoms with van der Waals surface area (Å²) in [6.45, 7) is 1.88. The molecule has 1 rings (SSSR count). The highest BCUT2D eigenvalue weighted by Crippen LogP contribution is 2.21. The summed E-state index contributed by atoms with van der Waals surface area (Å²) < 4.78 is 0. The van der Waals surface area contributed by atoms with Crippen molar-refractivity contribution >= 4 is 29.0 Å². The van der Waals surface area contributed by atoms with E-state index in [-0.39, 0.29) is 12.2 Å². The van der Waals surface area contributed by atoms with Crippen LogP contribution >= 0.6 is 23.2 Å². The molecule has 0 aliphatic carbocycles. The molecule has 0 saturated heterocycles. The molecule has 15 heavy (non-hydrogen) atoms. The van der Waals surface area contributed by atoms with Crippen molar-refractivity contribution in [2.45, 2.75) is 25.8 Å². The molecule has 0 radical (unpaired) electrons. The lowest BCUT2D eigenvalue weighted by atomic mass is 10.0. The Labute approximate surface area is 99.4 Å². The van der Waals surface area contributed by atoms with Crippen molar-refractivity contribution in [1.82, 2.24) is 0 Å². The zero-order valence-electron chi connectivity index (χ0n) is 8.47. The molecule has 0 spiro atoms. The summed E-state index contributed by atoms with van der Waals surface area (Å²) in [5.41, 5.74) is 6.36. The maximum atomic E-state index is 11.6. The summed E-state index contributed by atoms with van der Waals surface area (Å²) in [6.07, 6.45) is 0.880. The highest BCUT2D eigenvalue weighted by Gasteiger charge is 2.13. The molecule has 1 unspecified atom stereocenters. The number of carbonyl (C=O) groups excluding carboxylic acids is 1. The summed E-state index contributed by atoms with van der Waals surface area (Å²) in [5, 5.41) is 1.13. The Morgan fingerprint density at radius 1 is 1.47 bits per heavy atom. The van der Waals surface area contributed by atoms with Crippen LogP contribution in [0.1, 0.15) is 18.9 Å². The number of carbonyl (C=O) groups is 1. The first-order valence-corrected chi connectivity index (χ1v) is 5.52. The SMILES string of the molecule is CCC(N)C(=O)Cc1cc(Cl)ccc1Cl. The normalized spacial score (nSPS) is 12.5. The minimum Gasteiger partial charge on any atom is -0.322 e. The van der Waals surface area contributed by atoms with E-state index in [1.807, 2.05) is 6.92 Å². The number of nitrogens with two attached hydrogens (primary N) is 1. The molecule has 1 aromatic carbocycles. The number of ketones is 1. The van der Waals surface area contributed by atoms with Gasteiger partial charge in [-0.05, 0) is 30.2 Å². The average Bonchev–Trinajstić information content (AvgIpc) is 2.22. The van der Waals surface area contributed by atoms with E-state index < -0.39 is 6.04 Å². The van der Waals surface area contributed by atoms with Crippen LogP contribution < -0.4 is 5.73 Å². The first-order valence-electron chi connectivity index (χ1n) is 4.76. The second-order valence-corrected chi connectivity index (χ2v) is 4.24. The molecule has 2 N–H and O–H groups in total. The van der Waals surface area contributed by atoms with Crippen molar-refractivity contribution in [2.24, 2.45) is 5.73 Å². The average molecular weight is 246 g/mol. The molecular weight excluding hydrogens is 233 g/mol. The van der Waals surface area contributed by atoms with Gasteiger partial charge in [0.25, 0.3) is 0 Å². The lowest BCUT2D eigenvalue weighted by molar-refractivity contribution is -0.119. The Balaban J connectivity index is 2.80. The van der Waals surface area contributed by atoms with E-state index in [4.69, 9.17) is 28.9 Å². The third kappa shape index (κ3) is 3.49. The largest absolute Gasteiger partial charge is 0.322 e. The summed E-state index contributed by atoms with van der Waals surface area (Å²) in [4.78, 5) is 11.6. The Morgan fingerprint density at radius 2 is 2.13 bits per heavy atom. The molecule has 4 heteroatoms. The molecule has 0 aliphatic rings. The van der Waals surface area contributed by atoms with Gasteiger partial charge in [0.05, 0.1) is 6.04 Å². The first kappa shape index (κ1) is 12.5. The fourth-order valence-corrected chi connectivity index (χ4v) is 1.60. The minimum atomic E-state index is -0.417. The summed E-state index contributed by atoms with van der Waals surface area (Å²) in [7, 11) is 0. The Kier molecular flexibility index (Phi) is 4.58. The fourth-order valence-electron chi connectivity index (χ4n) is 1.23. The van der Waals surface area contributed by atoms with E-state index >= 15 is 0 Å². The zero-order chi connectivity index (χ0) is 11.4. The van der Waals surface area contributed by atoms with Gasteiger partial charge in [0, 0.05) is 16.5 Å². The van der Waals surface area contributed by atoms with E-state index in [9.17, 15) is 4.79 Å². The molecular formula is C11H13Cl2NO. The maximum absolute atomic E-state index is 11.6. The van der Waals surface area contributed by atoms with Crippen LogP contribution in [0, 0.1) is 0 Å². The molecule has 0 saturated carbocycles. The molecule has 1 atom stereocenters. The van der Waals surface area contributed by atoms with Gasteiger partial charge in [-0.25, -0.2) is 0 Å². The zero-order valence-corrected chi connectivity index (χ0v) is 9.98. The predicted molar refractivity (Wildman–Crippen MR) is 63.4 cm³/mol. The summed E-state index contributed by atoms with van der Waals surface area (Å²) in [5.74, 6) is -0.0123. The Bertz CT molecular complexity index is 366. The number of hydrogen-bond acceptors (Lipinski definition) is 2. The lowest BCUT2D eigenvalue weighted by Crippen LogP contribution is -2.30. The number of halogens is 2. The van der Waals surface area contributed by atoms with Crippen LogP contribution in [0.4, 0.5) is 0 Å². The van der Waals surface area contributed by atoms with Gasteiger partial charge < -0.3 is 5.73 Å². The minimum absolute atomic E-state index is 0.0123. The van der Waals surface area contributed by atoms with Gasteiger partial charge >= 0.3 is 0 Å². The van der Waals surface area contributed by atoms with Crippen molar-refractivity contribution in [1.29, 1.82) is 0 Å². The molecule has 0 heterocycles. The molecule has 82 valence electrons. The van der Waals surface area contributed by atoms with Crippen molar-refractivity contribution in [3.63, 3.8) is 0 Å². The number of rotatable bonds is 4. The first-order chi connectivity index (χ1) is 7.04. The van der Waals surface area contributed by atoms with Crippen LogP contribution in [0.2, 0.25) is 10.0 Å². The van der Waals surface area contributed by atoms with E-state index in [1.165, 1.54) is 0 Å². The van der Waals surface area contributed by atoms with Gasteiger partial charge in [-0.2, -0.15) is 0 Å². The second kappa shape index (κ2) is 5.50. The molecule has 0 fully saturated rings. The van der Waals surface area contributed by atoms with Crippen molar-refractivity contribution in [2.75, 3.05) is 0 Å². The number of Topliss-reactive ketones (excluding diaryl/α,β-unsaturated/α-hetero) is 1. The van der Waals surface area contributed by atoms with Crippen molar-refractivity contribution in [3.8, 4) is 0 Å². The second-order valence-electron chi connectivity index (χ2n) is 3.39. The quantitative estimate of drug-likeness (QED) is 0.887. The molecule has 1 aromatic rings. The van der Waals surface area contributed by atoms with Crippen LogP contribution in [-0.2, 0) is 11.2 Å². The van der Waals surface area contributed by atoms with Crippen molar-refractivity contribution in [3.05, 3.63) is 33.8 Å². The van der Waals surface area contributed by atoms with E-state index in [0.717, 1.165) is 5.56 Å². The summed E-state index contributed by atoms with van der Waals surface area (Å²) in [6, 6.07) is 4.66. The number of benzene rings is 1. The topological polar surface area (TPSA) is 43.1 Å². The van der Waals surface area contributed by atoms with Crippen LogP contribution in [0.3, 0.4) is 0 Å². The molecule has 0 bridgehead atoms. The van der Waals surface area contributed by atoms with Gasteiger partial charge in [-0.3, -0.25) is 4.79 Å². The van der Waals surface area contributed by atoms with Gasteiger partial charge in [-0.1, -0.05) is 30.1 Å². The highest BCUT2D eigenvalue weighted by atomic mass is 35.5. The lowest BCUT2D eigenvalue weighted by Gasteiger charge is -2.08. The third-order valence-corrected chi connectivity index (χ3v) is 2.83. The predicted octanol–water partition coefficient (Wildman–Crippen LogP) is 2.84. The van der Waals surface area contributed by atoms with E-state index in [0.29, 0.717) is 16.5 Å². The van der Waals surface area contributed by atoms with Crippen LogP contribution in [0.25, 0.3) is 0 Å². The highest BCUT2D eigenvalue weighted by molar-refractivity contribution is 6.33. The smallest absolute Gasteiger partial charge is 0.153 e. The molecule has 0 amide bonds. The fraction of sp³-hybridized carbons (Fsp3) is 0.364. The van der Waals surface area contributed by atoms with Gasteiger partial charge in [0.15, 0.2) is 5.78 Å². The van der Waals surface area contributed by atoms with E-state index in [1.54, 1.807) is 18.2 Å². The Morgan fingerprint density at radius 3 is 2.73 bits per heavy atom. The molecule has 0 aliphatic heterocycles. The van der Waals surface area contributed by atoms with Gasteiger partial charge in [0.1, 0.15) is 0 Å². The standard InChI is InChI=1S/C11H13Cl2NO/c1-2-10(14)11(15)6-7-5-8(12)3-4-9(7)13/h3-5,10H,2,6,14H2,1H3. The molecule has 0 aromatic heterocycles.